The molecule has 0 aliphatic heterocycles. The van der Waals surface area contributed by atoms with Crippen molar-refractivity contribution in [2.24, 2.45) is 5.10 Å². The average molecular weight is 348 g/mol. The Bertz CT molecular complexity index is 422. The molecule has 0 rings (SSSR count). The molecule has 7 nitrogen and oxygen atoms in total. The first kappa shape index (κ1) is 19.4. The SMILES string of the molecule is CCOC(=O)CC(C)=NNS(=O)(=O)N(CCCl)CCCl. The van der Waals surface area contributed by atoms with E-state index in [0.29, 0.717) is 5.71 Å². The van der Waals surface area contributed by atoms with Crippen LogP contribution in [0.3, 0.4) is 0 Å². The van der Waals surface area contributed by atoms with E-state index in [4.69, 9.17) is 27.9 Å². The Balaban J connectivity index is 4.61. The number of rotatable bonds is 10. The molecule has 20 heavy (non-hydrogen) atoms. The Labute approximate surface area is 129 Å². The van der Waals surface area contributed by atoms with Crippen molar-refractivity contribution in [3.05, 3.63) is 0 Å². The molecule has 0 amide bonds. The lowest BCUT2D eigenvalue weighted by molar-refractivity contribution is -0.141. The first-order valence-corrected chi connectivity index (χ1v) is 8.45. The molecule has 10 heteroatoms. The van der Waals surface area contributed by atoms with Gasteiger partial charge in [-0.25, -0.2) is 0 Å². The zero-order valence-electron chi connectivity index (χ0n) is 11.4. The second-order valence-electron chi connectivity index (χ2n) is 3.70. The van der Waals surface area contributed by atoms with Gasteiger partial charge in [-0.2, -0.15) is 22.7 Å². The van der Waals surface area contributed by atoms with E-state index in [1.807, 2.05) is 4.83 Å². The summed E-state index contributed by atoms with van der Waals surface area (Å²) < 4.78 is 29.6. The third-order valence-corrected chi connectivity index (χ3v) is 3.77. The van der Waals surface area contributed by atoms with Crippen LogP contribution in [0.15, 0.2) is 5.10 Å². The number of carbonyl (C=O) groups excluding carboxylic acids is 1. The molecule has 1 N–H and O–H groups in total. The zero-order chi connectivity index (χ0) is 15.6. The van der Waals surface area contributed by atoms with Crippen LogP contribution in [0.5, 0.6) is 0 Å². The van der Waals surface area contributed by atoms with Crippen LogP contribution < -0.4 is 4.83 Å². The Morgan fingerprint density at radius 2 is 1.85 bits per heavy atom. The molecule has 0 aromatic heterocycles. The number of alkyl halides is 2. The molecule has 0 radical (unpaired) electrons. The molecule has 0 saturated heterocycles. The number of ether oxygens (including phenoxy) is 1. The highest BCUT2D eigenvalue weighted by atomic mass is 35.5. The molecular weight excluding hydrogens is 329 g/mol. The van der Waals surface area contributed by atoms with E-state index < -0.39 is 16.2 Å². The monoisotopic (exact) mass is 347 g/mol. The minimum Gasteiger partial charge on any atom is -0.466 e. The molecule has 0 bridgehead atoms. The van der Waals surface area contributed by atoms with Gasteiger partial charge in [0.2, 0.25) is 0 Å². The van der Waals surface area contributed by atoms with Crippen LogP contribution in [0.25, 0.3) is 0 Å². The van der Waals surface area contributed by atoms with E-state index in [9.17, 15) is 13.2 Å². The molecule has 0 aliphatic rings. The summed E-state index contributed by atoms with van der Waals surface area (Å²) in [5.41, 5.74) is 0.295. The van der Waals surface area contributed by atoms with E-state index in [0.717, 1.165) is 4.31 Å². The lowest BCUT2D eigenvalue weighted by Crippen LogP contribution is -2.41. The highest BCUT2D eigenvalue weighted by molar-refractivity contribution is 7.87. The van der Waals surface area contributed by atoms with Crippen molar-refractivity contribution < 1.29 is 17.9 Å². The number of carbonyl (C=O) groups is 1. The average Bonchev–Trinajstić information content (AvgIpc) is 2.36. The second kappa shape index (κ2) is 10.2. The number of esters is 1. The van der Waals surface area contributed by atoms with Gasteiger partial charge >= 0.3 is 16.2 Å². The molecule has 0 saturated carbocycles. The van der Waals surface area contributed by atoms with Gasteiger partial charge in [0.25, 0.3) is 0 Å². The molecule has 0 aliphatic carbocycles. The number of nitrogens with zero attached hydrogens (tertiary/aromatic N) is 2. The number of hydrogen-bond acceptors (Lipinski definition) is 5. The van der Waals surface area contributed by atoms with Gasteiger partial charge in [-0.15, -0.1) is 23.2 Å². The third kappa shape index (κ3) is 7.88. The highest BCUT2D eigenvalue weighted by Gasteiger charge is 2.20. The summed E-state index contributed by atoms with van der Waals surface area (Å²) in [6.07, 6.45) is -0.0820. The van der Waals surface area contributed by atoms with Crippen LogP contribution in [0.2, 0.25) is 0 Å². The Hall–Kier alpha value is -0.570. The van der Waals surface area contributed by atoms with E-state index >= 15 is 0 Å². The van der Waals surface area contributed by atoms with Crippen molar-refractivity contribution in [2.45, 2.75) is 20.3 Å². The van der Waals surface area contributed by atoms with Crippen molar-refractivity contribution >= 4 is 45.1 Å². The Morgan fingerprint density at radius 3 is 2.30 bits per heavy atom. The van der Waals surface area contributed by atoms with Crippen molar-refractivity contribution in [1.82, 2.24) is 9.14 Å². The lowest BCUT2D eigenvalue weighted by atomic mass is 10.3. The fourth-order valence-corrected chi connectivity index (χ4v) is 2.85. The van der Waals surface area contributed by atoms with Crippen molar-refractivity contribution in [2.75, 3.05) is 31.5 Å². The summed E-state index contributed by atoms with van der Waals surface area (Å²) in [6.45, 7) is 3.71. The Morgan fingerprint density at radius 1 is 1.30 bits per heavy atom. The molecule has 0 unspecified atom stereocenters. The predicted molar refractivity (Wildman–Crippen MR) is 79.4 cm³/mol. The minimum absolute atomic E-state index is 0.0820. The molecule has 0 spiro atoms. The number of hydrogen-bond donors (Lipinski definition) is 1. The predicted octanol–water partition coefficient (Wildman–Crippen LogP) is 0.930. The quantitative estimate of drug-likeness (QED) is 0.275. The van der Waals surface area contributed by atoms with Crippen molar-refractivity contribution in [3.63, 3.8) is 0 Å². The van der Waals surface area contributed by atoms with E-state index in [2.05, 4.69) is 5.10 Å². The maximum atomic E-state index is 11.9. The summed E-state index contributed by atoms with van der Waals surface area (Å²) in [4.78, 5) is 13.2. The molecule has 0 atom stereocenters. The second-order valence-corrected chi connectivity index (χ2v) is 6.11. The summed E-state index contributed by atoms with van der Waals surface area (Å²) in [5, 5.41) is 3.65. The van der Waals surface area contributed by atoms with Crippen LogP contribution in [-0.2, 0) is 19.7 Å². The van der Waals surface area contributed by atoms with Gasteiger partial charge in [-0.05, 0) is 13.8 Å². The summed E-state index contributed by atoms with van der Waals surface area (Å²) >= 11 is 11.1. The standard InChI is InChI=1S/C10H19Cl2N3O4S/c1-3-19-10(16)8-9(2)13-14-20(17,18)15(6-4-11)7-5-12/h14H,3-8H2,1-2H3. The van der Waals surface area contributed by atoms with Gasteiger partial charge in [0.15, 0.2) is 0 Å². The zero-order valence-corrected chi connectivity index (χ0v) is 13.8. The molecule has 0 aromatic rings. The normalized spacial score (nSPS) is 12.6. The van der Waals surface area contributed by atoms with Gasteiger partial charge in [0.1, 0.15) is 0 Å². The first-order valence-electron chi connectivity index (χ1n) is 5.95. The smallest absolute Gasteiger partial charge is 0.316 e. The molecule has 118 valence electrons. The first-order chi connectivity index (χ1) is 9.37. The van der Waals surface area contributed by atoms with Crippen LogP contribution in [0, 0.1) is 0 Å². The van der Waals surface area contributed by atoms with Crippen LogP contribution >= 0.6 is 23.2 Å². The summed E-state index contributed by atoms with van der Waals surface area (Å²) in [6, 6.07) is 0. The molecule has 0 fully saturated rings. The summed E-state index contributed by atoms with van der Waals surface area (Å²) in [7, 11) is -3.81. The largest absolute Gasteiger partial charge is 0.466 e. The maximum absolute atomic E-state index is 11.9. The molecule has 0 heterocycles. The lowest BCUT2D eigenvalue weighted by Gasteiger charge is -2.19. The fraction of sp³-hybridized carbons (Fsp3) is 0.800. The van der Waals surface area contributed by atoms with Crippen LogP contribution in [0.4, 0.5) is 0 Å². The summed E-state index contributed by atoms with van der Waals surface area (Å²) in [5.74, 6) is -0.182. The third-order valence-electron chi connectivity index (χ3n) is 2.07. The fourth-order valence-electron chi connectivity index (χ4n) is 1.19. The molecular formula is C10H19Cl2N3O4S. The van der Waals surface area contributed by atoms with Gasteiger partial charge in [-0.3, -0.25) is 4.79 Å². The Kier molecular flexibility index (Phi) is 9.91. The number of nitrogens with one attached hydrogen (secondary N) is 1. The van der Waals surface area contributed by atoms with Gasteiger partial charge in [0.05, 0.1) is 13.0 Å². The van der Waals surface area contributed by atoms with Crippen molar-refractivity contribution in [1.29, 1.82) is 0 Å². The highest BCUT2D eigenvalue weighted by Crippen LogP contribution is 2.00. The van der Waals surface area contributed by atoms with Gasteiger partial charge < -0.3 is 4.74 Å². The van der Waals surface area contributed by atoms with Gasteiger partial charge in [-0.1, -0.05) is 0 Å². The minimum atomic E-state index is -3.81. The number of halogens is 2. The van der Waals surface area contributed by atoms with Gasteiger partial charge in [0, 0.05) is 30.6 Å². The topological polar surface area (TPSA) is 88.1 Å². The van der Waals surface area contributed by atoms with Crippen molar-refractivity contribution in [3.8, 4) is 0 Å². The molecule has 0 aromatic carbocycles. The maximum Gasteiger partial charge on any atom is 0.316 e. The van der Waals surface area contributed by atoms with E-state index in [-0.39, 0.29) is 37.9 Å². The van der Waals surface area contributed by atoms with Crippen LogP contribution in [-0.4, -0.2) is 55.9 Å². The van der Waals surface area contributed by atoms with Crippen LogP contribution in [0.1, 0.15) is 20.3 Å². The van der Waals surface area contributed by atoms with E-state index in [1.165, 1.54) is 6.92 Å². The van der Waals surface area contributed by atoms with E-state index in [1.54, 1.807) is 6.92 Å². The number of hydrazone groups is 1.